The fraction of sp³-hybridized carbons (Fsp3) is 0.429. The molecule has 3 rings (SSSR count). The number of fused-ring (bicyclic) bond motifs is 1. The molecule has 33 heavy (non-hydrogen) atoms. The van der Waals surface area contributed by atoms with Crippen LogP contribution < -0.4 is 13.8 Å². The first kappa shape index (κ1) is 25.4. The second-order valence-electron chi connectivity index (χ2n) is 7.47. The molecule has 0 amide bonds. The largest absolute Gasteiger partial charge is 0.534 e. The fourth-order valence-corrected chi connectivity index (χ4v) is 4.95. The van der Waals surface area contributed by atoms with Gasteiger partial charge in [-0.2, -0.15) is 21.6 Å². The van der Waals surface area contributed by atoms with E-state index in [2.05, 4.69) is 11.1 Å². The highest BCUT2D eigenvalue weighted by atomic mass is 32.2. The van der Waals surface area contributed by atoms with E-state index in [0.717, 1.165) is 19.3 Å². The molecule has 2 aromatic rings. The van der Waals surface area contributed by atoms with Crippen LogP contribution in [0.15, 0.2) is 41.3 Å². The number of halogens is 4. The maximum absolute atomic E-state index is 13.5. The fourth-order valence-electron chi connectivity index (χ4n) is 3.44. The summed E-state index contributed by atoms with van der Waals surface area (Å²) in [6, 6.07) is 8.57. The van der Waals surface area contributed by atoms with E-state index >= 15 is 0 Å². The van der Waals surface area contributed by atoms with E-state index in [0.29, 0.717) is 22.8 Å². The summed E-state index contributed by atoms with van der Waals surface area (Å²) in [4.78, 5) is 2.38. The molecule has 0 bridgehead atoms. The lowest BCUT2D eigenvalue weighted by Crippen LogP contribution is -2.35. The third kappa shape index (κ3) is 5.67. The molecule has 2 aromatic carbocycles. The second-order valence-corrected chi connectivity index (χ2v) is 10.2. The van der Waals surface area contributed by atoms with Crippen molar-refractivity contribution >= 4 is 33.4 Å². The van der Waals surface area contributed by atoms with Gasteiger partial charge in [0.25, 0.3) is 0 Å². The lowest BCUT2D eigenvalue weighted by molar-refractivity contribution is -0.0500. The van der Waals surface area contributed by atoms with Crippen molar-refractivity contribution < 1.29 is 34.9 Å². The quantitative estimate of drug-likeness (QED) is 0.205. The Hall–Kier alpha value is -2.18. The van der Waals surface area contributed by atoms with Crippen LogP contribution in [0, 0.1) is 5.82 Å². The van der Waals surface area contributed by atoms with Gasteiger partial charge in [0, 0.05) is 30.4 Å². The van der Waals surface area contributed by atoms with Crippen molar-refractivity contribution in [2.24, 2.45) is 0 Å². The molecule has 0 spiro atoms. The summed E-state index contributed by atoms with van der Waals surface area (Å²) in [5.74, 6) is -1.15. The summed E-state index contributed by atoms with van der Waals surface area (Å²) in [5, 5.41) is 0. The van der Waals surface area contributed by atoms with Crippen LogP contribution in [-0.2, 0) is 10.1 Å². The molecule has 6 nitrogen and oxygen atoms in total. The Morgan fingerprint density at radius 3 is 2.39 bits per heavy atom. The number of unbranched alkanes of at least 4 members (excludes halogenated alkanes) is 1. The van der Waals surface area contributed by atoms with E-state index in [1.165, 1.54) is 43.3 Å². The molecule has 1 unspecified atom stereocenters. The van der Waals surface area contributed by atoms with Gasteiger partial charge in [0.1, 0.15) is 5.82 Å². The van der Waals surface area contributed by atoms with Gasteiger partial charge < -0.3 is 13.8 Å². The van der Waals surface area contributed by atoms with Crippen molar-refractivity contribution in [3.05, 3.63) is 42.2 Å². The molecular weight excluding hydrogens is 484 g/mol. The van der Waals surface area contributed by atoms with Crippen LogP contribution in [-0.4, -0.2) is 45.0 Å². The average molecular weight is 509 g/mol. The number of rotatable bonds is 7. The molecule has 0 N–H and O–H groups in total. The summed E-state index contributed by atoms with van der Waals surface area (Å²) in [7, 11) is -2.82. The van der Waals surface area contributed by atoms with E-state index < -0.39 is 27.2 Å². The molecule has 12 heteroatoms. The molecule has 0 saturated carbocycles. The van der Waals surface area contributed by atoms with Crippen LogP contribution in [0.2, 0.25) is 0 Å². The Balaban J connectivity index is 2.12. The van der Waals surface area contributed by atoms with Gasteiger partial charge in [-0.15, -0.1) is 0 Å². The Labute approximate surface area is 194 Å². The van der Waals surface area contributed by atoms with Crippen LogP contribution in [0.25, 0.3) is 0 Å². The summed E-state index contributed by atoms with van der Waals surface area (Å²) >= 11 is 1.27. The lowest BCUT2D eigenvalue weighted by Gasteiger charge is -2.30. The third-order valence-corrected chi connectivity index (χ3v) is 7.27. The first-order valence-electron chi connectivity index (χ1n) is 10.1. The van der Waals surface area contributed by atoms with E-state index in [-0.39, 0.29) is 11.8 Å². The highest BCUT2D eigenvalue weighted by Crippen LogP contribution is 2.47. The van der Waals surface area contributed by atoms with Gasteiger partial charge in [-0.3, -0.25) is 0 Å². The maximum Gasteiger partial charge on any atom is 0.534 e. The normalized spacial score (nSPS) is 17.4. The SMILES string of the molecule is CCCCC1CN(c2ccc(F)cc2)c2cc(OC)c(OS(=O)(=O)C(F)(F)F)cc2SN1C. The number of methoxy groups -OCH3 is 1. The highest BCUT2D eigenvalue weighted by Gasteiger charge is 2.49. The second kappa shape index (κ2) is 9.98. The summed E-state index contributed by atoms with van der Waals surface area (Å²) in [6.45, 7) is 2.60. The number of anilines is 2. The molecular formula is C21H24F4N2O4S2. The molecule has 182 valence electrons. The molecule has 0 aliphatic carbocycles. The van der Waals surface area contributed by atoms with Gasteiger partial charge in [0.05, 0.1) is 17.7 Å². The molecule has 1 aliphatic rings. The number of hydrogen-bond donors (Lipinski definition) is 0. The van der Waals surface area contributed by atoms with Crippen molar-refractivity contribution in [3.63, 3.8) is 0 Å². The molecule has 1 aliphatic heterocycles. The van der Waals surface area contributed by atoms with E-state index in [1.807, 2.05) is 16.3 Å². The number of likely N-dealkylation sites (N-methyl/N-ethyl adjacent to an activating group) is 1. The lowest BCUT2D eigenvalue weighted by atomic mass is 10.1. The smallest absolute Gasteiger partial charge is 0.493 e. The van der Waals surface area contributed by atoms with Crippen LogP contribution >= 0.6 is 11.9 Å². The number of nitrogens with zero attached hydrogens (tertiary/aromatic N) is 2. The summed E-state index contributed by atoms with van der Waals surface area (Å²) < 4.78 is 87.0. The Kier molecular flexibility index (Phi) is 7.69. The van der Waals surface area contributed by atoms with Crippen LogP contribution in [0.1, 0.15) is 26.2 Å². The molecule has 1 heterocycles. The van der Waals surface area contributed by atoms with Crippen molar-refractivity contribution in [2.45, 2.75) is 42.6 Å². The van der Waals surface area contributed by atoms with Gasteiger partial charge in [-0.05, 0) is 49.7 Å². The van der Waals surface area contributed by atoms with E-state index in [1.54, 1.807) is 12.1 Å². The number of alkyl halides is 3. The number of hydrogen-bond acceptors (Lipinski definition) is 7. The van der Waals surface area contributed by atoms with E-state index in [9.17, 15) is 26.0 Å². The number of ether oxygens (including phenoxy) is 1. The van der Waals surface area contributed by atoms with Crippen LogP contribution in [0.5, 0.6) is 11.5 Å². The minimum absolute atomic E-state index is 0.0571. The Bertz CT molecular complexity index is 1080. The Morgan fingerprint density at radius 1 is 1.15 bits per heavy atom. The molecule has 0 fully saturated rings. The Morgan fingerprint density at radius 2 is 1.82 bits per heavy atom. The van der Waals surface area contributed by atoms with Gasteiger partial charge in [-0.25, -0.2) is 8.70 Å². The minimum atomic E-state index is -5.88. The standard InChI is InChI=1S/C21H24F4N2O4S2/c1-4-5-6-16-13-27(15-9-7-14(22)8-10-15)17-11-18(30-3)19(12-20(17)32-26(16)2)31-33(28,29)21(23,24)25/h7-12,16H,4-6,13H2,1-3H3. The third-order valence-electron chi connectivity index (χ3n) is 5.20. The van der Waals surface area contributed by atoms with Crippen molar-refractivity contribution in [1.29, 1.82) is 0 Å². The predicted octanol–water partition coefficient (Wildman–Crippen LogP) is 5.71. The van der Waals surface area contributed by atoms with Crippen LogP contribution in [0.3, 0.4) is 0 Å². The average Bonchev–Trinajstić information content (AvgIpc) is 2.87. The van der Waals surface area contributed by atoms with E-state index in [4.69, 9.17) is 4.74 Å². The van der Waals surface area contributed by atoms with Crippen molar-refractivity contribution in [3.8, 4) is 11.5 Å². The van der Waals surface area contributed by atoms with Gasteiger partial charge >= 0.3 is 15.6 Å². The maximum atomic E-state index is 13.5. The first-order chi connectivity index (χ1) is 15.5. The molecule has 0 aromatic heterocycles. The number of benzene rings is 2. The zero-order chi connectivity index (χ0) is 24.4. The van der Waals surface area contributed by atoms with Gasteiger partial charge in [0.2, 0.25) is 0 Å². The highest BCUT2D eigenvalue weighted by molar-refractivity contribution is 7.97. The monoisotopic (exact) mass is 508 g/mol. The molecule has 1 atom stereocenters. The zero-order valence-electron chi connectivity index (χ0n) is 18.2. The minimum Gasteiger partial charge on any atom is -0.493 e. The topological polar surface area (TPSA) is 59.1 Å². The van der Waals surface area contributed by atoms with Gasteiger partial charge in [-0.1, -0.05) is 19.8 Å². The summed E-state index contributed by atoms with van der Waals surface area (Å²) in [5.41, 5.74) is -4.33. The zero-order valence-corrected chi connectivity index (χ0v) is 19.9. The van der Waals surface area contributed by atoms with Gasteiger partial charge in [0.15, 0.2) is 11.5 Å². The first-order valence-corrected chi connectivity index (χ1v) is 12.3. The predicted molar refractivity (Wildman–Crippen MR) is 119 cm³/mol. The molecule has 0 radical (unpaired) electrons. The van der Waals surface area contributed by atoms with Crippen molar-refractivity contribution in [2.75, 3.05) is 25.6 Å². The van der Waals surface area contributed by atoms with Crippen molar-refractivity contribution in [1.82, 2.24) is 4.31 Å². The van der Waals surface area contributed by atoms with Crippen LogP contribution in [0.4, 0.5) is 28.9 Å². The summed E-state index contributed by atoms with van der Waals surface area (Å²) in [6.07, 6.45) is 2.80. The molecule has 0 saturated heterocycles.